The zero-order valence-electron chi connectivity index (χ0n) is 12.7. The van der Waals surface area contributed by atoms with Gasteiger partial charge in [-0.25, -0.2) is 4.68 Å². The van der Waals surface area contributed by atoms with E-state index in [1.807, 2.05) is 0 Å². The summed E-state index contributed by atoms with van der Waals surface area (Å²) in [4.78, 5) is 0. The Morgan fingerprint density at radius 2 is 1.77 bits per heavy atom. The van der Waals surface area contributed by atoms with Crippen molar-refractivity contribution < 1.29 is 25.5 Å². The quantitative estimate of drug-likeness (QED) is 0.450. The van der Waals surface area contributed by atoms with E-state index in [-0.39, 0.29) is 6.54 Å². The molecule has 0 unspecified atom stereocenters. The van der Waals surface area contributed by atoms with Gasteiger partial charge in [0, 0.05) is 0 Å². The van der Waals surface area contributed by atoms with Crippen LogP contribution in [0.5, 0.6) is 0 Å². The summed E-state index contributed by atoms with van der Waals surface area (Å²) in [6.07, 6.45) is 0.102. The van der Waals surface area contributed by atoms with Crippen molar-refractivity contribution in [3.63, 3.8) is 0 Å². The first-order valence-electron chi connectivity index (χ1n) is 7.69. The third kappa shape index (κ3) is 3.64. The Kier molecular flexibility index (Phi) is 5.51. The van der Waals surface area contributed by atoms with Gasteiger partial charge in [-0.3, -0.25) is 0 Å². The predicted octanol–water partition coefficient (Wildman–Crippen LogP) is -1.11. The molecular formula is C14H25N3O5. The first-order chi connectivity index (χ1) is 10.3. The monoisotopic (exact) mass is 315 g/mol. The second-order valence-corrected chi connectivity index (χ2v) is 6.18. The van der Waals surface area contributed by atoms with Crippen molar-refractivity contribution in [2.24, 2.45) is 0 Å². The Labute approximate surface area is 129 Å². The van der Waals surface area contributed by atoms with E-state index < -0.39 is 30.0 Å². The number of aromatic nitrogens is 3. The Morgan fingerprint density at radius 1 is 1.14 bits per heavy atom. The molecule has 0 spiro atoms. The molecule has 22 heavy (non-hydrogen) atoms. The summed E-state index contributed by atoms with van der Waals surface area (Å²) in [6.45, 7) is 1.20. The molecule has 1 aliphatic carbocycles. The minimum Gasteiger partial charge on any atom is -0.391 e. The molecule has 4 atom stereocenters. The molecule has 2 rings (SSSR count). The molecule has 1 aliphatic rings. The molecule has 126 valence electrons. The maximum Gasteiger partial charge on any atom is 0.110 e. The number of rotatable bonds is 6. The van der Waals surface area contributed by atoms with Crippen molar-refractivity contribution in [2.75, 3.05) is 0 Å². The lowest BCUT2D eigenvalue weighted by atomic mass is 9.82. The van der Waals surface area contributed by atoms with Crippen LogP contribution < -0.4 is 0 Å². The van der Waals surface area contributed by atoms with Crippen molar-refractivity contribution in [1.82, 2.24) is 15.0 Å². The average molecular weight is 315 g/mol. The van der Waals surface area contributed by atoms with Crippen LogP contribution >= 0.6 is 0 Å². The first kappa shape index (κ1) is 17.3. The van der Waals surface area contributed by atoms with E-state index >= 15 is 0 Å². The maximum atomic E-state index is 10.7. The van der Waals surface area contributed by atoms with E-state index in [0.717, 1.165) is 19.3 Å². The minimum absolute atomic E-state index is 0.122. The highest BCUT2D eigenvalue weighted by Crippen LogP contribution is 2.36. The first-order valence-corrected chi connectivity index (χ1v) is 7.69. The van der Waals surface area contributed by atoms with Gasteiger partial charge in [0.25, 0.3) is 0 Å². The highest BCUT2D eigenvalue weighted by atomic mass is 16.4. The normalized spacial score (nSPS) is 23.7. The van der Waals surface area contributed by atoms with Gasteiger partial charge in [0.1, 0.15) is 23.9 Å². The van der Waals surface area contributed by atoms with Crippen LogP contribution in [0.2, 0.25) is 0 Å². The fraction of sp³-hybridized carbons (Fsp3) is 0.857. The van der Waals surface area contributed by atoms with E-state index in [9.17, 15) is 25.5 Å². The molecule has 0 radical (unpaired) electrons. The van der Waals surface area contributed by atoms with E-state index in [0.29, 0.717) is 18.5 Å². The number of aliphatic hydroxyl groups excluding tert-OH is 4. The van der Waals surface area contributed by atoms with Crippen molar-refractivity contribution in [3.05, 3.63) is 11.9 Å². The summed E-state index contributed by atoms with van der Waals surface area (Å²) < 4.78 is 1.36. The summed E-state index contributed by atoms with van der Waals surface area (Å²) in [7, 11) is 0. The highest BCUT2D eigenvalue weighted by Gasteiger charge is 2.36. The molecule has 1 fully saturated rings. The molecule has 0 saturated heterocycles. The van der Waals surface area contributed by atoms with Crippen LogP contribution in [0.3, 0.4) is 0 Å². The Bertz CT molecular complexity index is 473. The topological polar surface area (TPSA) is 132 Å². The average Bonchev–Trinajstić information content (AvgIpc) is 2.95. The zero-order chi connectivity index (χ0) is 16.3. The van der Waals surface area contributed by atoms with E-state index in [1.165, 1.54) is 17.8 Å². The predicted molar refractivity (Wildman–Crippen MR) is 76.7 cm³/mol. The molecule has 5 N–H and O–H groups in total. The number of aliphatic hydroxyl groups is 5. The molecule has 0 amide bonds. The lowest BCUT2D eigenvalue weighted by Gasteiger charge is -2.32. The van der Waals surface area contributed by atoms with Gasteiger partial charge in [0.15, 0.2) is 0 Å². The minimum atomic E-state index is -1.52. The molecule has 0 bridgehead atoms. The van der Waals surface area contributed by atoms with Gasteiger partial charge in [0.05, 0.1) is 24.5 Å². The fourth-order valence-corrected chi connectivity index (χ4v) is 2.94. The number of hydrogen-bond donors (Lipinski definition) is 5. The molecular weight excluding hydrogens is 290 g/mol. The van der Waals surface area contributed by atoms with E-state index in [4.69, 9.17) is 0 Å². The summed E-state index contributed by atoms with van der Waals surface area (Å²) in [5.41, 5.74) is -0.514. The lowest BCUT2D eigenvalue weighted by molar-refractivity contribution is -0.105. The number of hydrogen-bond acceptors (Lipinski definition) is 7. The maximum absolute atomic E-state index is 10.7. The van der Waals surface area contributed by atoms with Crippen LogP contribution in [-0.2, 0) is 12.1 Å². The van der Waals surface area contributed by atoms with Crippen molar-refractivity contribution in [1.29, 1.82) is 0 Å². The summed E-state index contributed by atoms with van der Waals surface area (Å²) in [5.74, 6) is 0. The third-order valence-corrected chi connectivity index (χ3v) is 4.37. The number of nitrogens with zero attached hydrogens (tertiary/aromatic N) is 3. The zero-order valence-corrected chi connectivity index (χ0v) is 12.7. The highest BCUT2D eigenvalue weighted by molar-refractivity contribution is 5.09. The largest absolute Gasteiger partial charge is 0.391 e. The third-order valence-electron chi connectivity index (χ3n) is 4.37. The molecule has 0 aromatic carbocycles. The van der Waals surface area contributed by atoms with E-state index in [1.54, 1.807) is 0 Å². The van der Waals surface area contributed by atoms with Crippen LogP contribution in [0.15, 0.2) is 6.20 Å². The molecule has 1 heterocycles. The Morgan fingerprint density at radius 3 is 2.36 bits per heavy atom. The second-order valence-electron chi connectivity index (χ2n) is 6.18. The van der Waals surface area contributed by atoms with Crippen LogP contribution in [0.25, 0.3) is 0 Å². The van der Waals surface area contributed by atoms with Gasteiger partial charge >= 0.3 is 0 Å². The molecule has 0 aliphatic heterocycles. The van der Waals surface area contributed by atoms with Crippen LogP contribution in [-0.4, -0.2) is 64.9 Å². The van der Waals surface area contributed by atoms with Gasteiger partial charge in [-0.05, 0) is 19.8 Å². The van der Waals surface area contributed by atoms with Gasteiger partial charge in [0.2, 0.25) is 0 Å². The smallest absolute Gasteiger partial charge is 0.110 e. The van der Waals surface area contributed by atoms with Gasteiger partial charge in [-0.15, -0.1) is 5.10 Å². The lowest BCUT2D eigenvalue weighted by Crippen LogP contribution is -2.45. The standard InChI is InChI=1S/C14H25N3O5/c1-9(18)12(20)13(21)10(19)8-17-11(7-15-16-17)14(22)5-3-2-4-6-14/h7,9-10,12-13,18-22H,2-6,8H2,1H3/t9-,10+,12+,13-/m1/s1. The van der Waals surface area contributed by atoms with Crippen molar-refractivity contribution in [2.45, 2.75) is 75.6 Å². The molecule has 8 heteroatoms. The molecule has 1 aromatic rings. The van der Waals surface area contributed by atoms with Crippen molar-refractivity contribution >= 4 is 0 Å². The van der Waals surface area contributed by atoms with Gasteiger partial charge in [-0.1, -0.05) is 24.5 Å². The fourth-order valence-electron chi connectivity index (χ4n) is 2.94. The van der Waals surface area contributed by atoms with Crippen LogP contribution in [0, 0.1) is 0 Å². The Hall–Kier alpha value is -1.06. The Balaban J connectivity index is 2.09. The van der Waals surface area contributed by atoms with Crippen molar-refractivity contribution in [3.8, 4) is 0 Å². The van der Waals surface area contributed by atoms with Gasteiger partial charge < -0.3 is 25.5 Å². The SMILES string of the molecule is C[C@@H](O)[C@H](O)[C@H](O)[C@@H](O)Cn1nncc1C1(O)CCCCC1. The summed E-state index contributed by atoms with van der Waals surface area (Å²) in [5, 5.41) is 57.1. The molecule has 1 aromatic heterocycles. The van der Waals surface area contributed by atoms with Crippen LogP contribution in [0.1, 0.15) is 44.7 Å². The van der Waals surface area contributed by atoms with Gasteiger partial charge in [-0.2, -0.15) is 0 Å². The van der Waals surface area contributed by atoms with Crippen LogP contribution in [0.4, 0.5) is 0 Å². The summed E-state index contributed by atoms with van der Waals surface area (Å²) >= 11 is 0. The molecule has 8 nitrogen and oxygen atoms in total. The summed E-state index contributed by atoms with van der Waals surface area (Å²) in [6, 6.07) is 0. The van der Waals surface area contributed by atoms with E-state index in [2.05, 4.69) is 10.3 Å². The second kappa shape index (κ2) is 7.01. The molecule has 1 saturated carbocycles.